The standard InChI is InChI=1S/C17H15N3O3/c1-10-15(12-5-3-4-6-13(12)20-10)16(21)11(2)23-17(22)14-9-18-7-8-19-14/h3-9,11,20H,1-2H3. The molecule has 3 aromatic rings. The molecule has 1 atom stereocenters. The largest absolute Gasteiger partial charge is 0.449 e. The number of aromatic nitrogens is 3. The fourth-order valence-electron chi connectivity index (χ4n) is 2.48. The highest BCUT2D eigenvalue weighted by Gasteiger charge is 2.25. The molecule has 0 saturated heterocycles. The average Bonchev–Trinajstić information content (AvgIpc) is 2.90. The molecule has 2 aromatic heterocycles. The Bertz CT molecular complexity index is 871. The van der Waals surface area contributed by atoms with Gasteiger partial charge >= 0.3 is 5.97 Å². The lowest BCUT2D eigenvalue weighted by molar-refractivity contribution is 0.0313. The van der Waals surface area contributed by atoms with Gasteiger partial charge < -0.3 is 9.72 Å². The number of nitrogens with one attached hydrogen (secondary N) is 1. The van der Waals surface area contributed by atoms with Crippen molar-refractivity contribution in [1.29, 1.82) is 0 Å². The van der Waals surface area contributed by atoms with Crippen molar-refractivity contribution in [1.82, 2.24) is 15.0 Å². The minimum atomic E-state index is -0.914. The molecule has 0 amide bonds. The third kappa shape index (κ3) is 2.83. The van der Waals surface area contributed by atoms with E-state index in [4.69, 9.17) is 4.74 Å². The summed E-state index contributed by atoms with van der Waals surface area (Å²) in [7, 11) is 0. The van der Waals surface area contributed by atoms with Crippen LogP contribution in [0.1, 0.15) is 33.5 Å². The number of aromatic amines is 1. The molecule has 6 heteroatoms. The first-order valence-electron chi connectivity index (χ1n) is 7.16. The van der Waals surface area contributed by atoms with Crippen LogP contribution in [0.15, 0.2) is 42.9 Å². The van der Waals surface area contributed by atoms with Crippen LogP contribution >= 0.6 is 0 Å². The number of ether oxygens (including phenoxy) is 1. The minimum absolute atomic E-state index is 0.0720. The van der Waals surface area contributed by atoms with E-state index in [1.165, 1.54) is 18.6 Å². The van der Waals surface area contributed by atoms with Crippen LogP contribution < -0.4 is 0 Å². The number of Topliss-reactive ketones (excluding diaryl/α,β-unsaturated/α-hetero) is 1. The van der Waals surface area contributed by atoms with Gasteiger partial charge in [0.2, 0.25) is 5.78 Å². The topological polar surface area (TPSA) is 84.9 Å². The number of fused-ring (bicyclic) bond motifs is 1. The molecule has 0 spiro atoms. The van der Waals surface area contributed by atoms with Gasteiger partial charge in [0.1, 0.15) is 0 Å². The summed E-state index contributed by atoms with van der Waals surface area (Å²) in [5.74, 6) is -0.923. The van der Waals surface area contributed by atoms with Crippen LogP contribution in [0.4, 0.5) is 0 Å². The summed E-state index contributed by atoms with van der Waals surface area (Å²) in [5, 5.41) is 0.817. The van der Waals surface area contributed by atoms with Gasteiger partial charge in [-0.1, -0.05) is 18.2 Å². The van der Waals surface area contributed by atoms with E-state index in [0.717, 1.165) is 16.6 Å². The summed E-state index contributed by atoms with van der Waals surface area (Å²) in [6.07, 6.45) is 3.24. The highest BCUT2D eigenvalue weighted by Crippen LogP contribution is 2.24. The van der Waals surface area contributed by atoms with Gasteiger partial charge in [-0.2, -0.15) is 0 Å². The van der Waals surface area contributed by atoms with E-state index < -0.39 is 12.1 Å². The zero-order chi connectivity index (χ0) is 16.4. The Hall–Kier alpha value is -3.02. The Morgan fingerprint density at radius 3 is 2.74 bits per heavy atom. The lowest BCUT2D eigenvalue weighted by Gasteiger charge is -2.12. The van der Waals surface area contributed by atoms with Crippen molar-refractivity contribution in [2.24, 2.45) is 0 Å². The number of hydrogen-bond donors (Lipinski definition) is 1. The summed E-state index contributed by atoms with van der Waals surface area (Å²) in [5.41, 5.74) is 2.24. The second-order valence-corrected chi connectivity index (χ2v) is 5.17. The van der Waals surface area contributed by atoms with Gasteiger partial charge in [0.05, 0.1) is 6.20 Å². The maximum atomic E-state index is 12.7. The van der Waals surface area contributed by atoms with Gasteiger partial charge in [0.25, 0.3) is 0 Å². The molecule has 0 saturated carbocycles. The number of nitrogens with zero attached hydrogens (tertiary/aromatic N) is 2. The third-order valence-electron chi connectivity index (χ3n) is 3.57. The number of hydrogen-bond acceptors (Lipinski definition) is 5. The molecule has 0 aliphatic rings. The van der Waals surface area contributed by atoms with E-state index in [2.05, 4.69) is 15.0 Å². The number of benzene rings is 1. The zero-order valence-electron chi connectivity index (χ0n) is 12.7. The van der Waals surface area contributed by atoms with Crippen LogP contribution in [0.25, 0.3) is 10.9 Å². The van der Waals surface area contributed by atoms with Crippen molar-refractivity contribution < 1.29 is 14.3 Å². The number of aryl methyl sites for hydroxylation is 1. The first-order valence-corrected chi connectivity index (χ1v) is 7.16. The van der Waals surface area contributed by atoms with Crippen molar-refractivity contribution in [3.05, 3.63) is 59.8 Å². The average molecular weight is 309 g/mol. The molecule has 6 nitrogen and oxygen atoms in total. The first-order chi connectivity index (χ1) is 11.1. The van der Waals surface area contributed by atoms with Gasteiger partial charge in [-0.25, -0.2) is 9.78 Å². The number of ketones is 1. The molecule has 1 N–H and O–H groups in total. The lowest BCUT2D eigenvalue weighted by Crippen LogP contribution is -2.25. The Balaban J connectivity index is 1.85. The van der Waals surface area contributed by atoms with Crippen LogP contribution in [-0.4, -0.2) is 32.8 Å². The summed E-state index contributed by atoms with van der Waals surface area (Å²) >= 11 is 0. The summed E-state index contributed by atoms with van der Waals surface area (Å²) in [4.78, 5) is 35.5. The molecule has 0 aliphatic heterocycles. The van der Waals surface area contributed by atoms with Crippen molar-refractivity contribution in [3.8, 4) is 0 Å². The molecule has 0 bridgehead atoms. The van der Waals surface area contributed by atoms with Gasteiger partial charge in [-0.05, 0) is 19.9 Å². The number of carbonyl (C=O) groups is 2. The molecular weight excluding hydrogens is 294 g/mol. The summed E-state index contributed by atoms with van der Waals surface area (Å²) in [6, 6.07) is 7.52. The van der Waals surface area contributed by atoms with Gasteiger partial charge in [0, 0.05) is 34.6 Å². The lowest BCUT2D eigenvalue weighted by atomic mass is 10.0. The highest BCUT2D eigenvalue weighted by molar-refractivity contribution is 6.11. The summed E-state index contributed by atoms with van der Waals surface area (Å²) in [6.45, 7) is 3.38. The maximum absolute atomic E-state index is 12.7. The Labute approximate surface area is 132 Å². The molecule has 23 heavy (non-hydrogen) atoms. The zero-order valence-corrected chi connectivity index (χ0v) is 12.7. The molecule has 3 rings (SSSR count). The first kappa shape index (κ1) is 14.9. The Morgan fingerprint density at radius 1 is 1.22 bits per heavy atom. The van der Waals surface area contributed by atoms with Crippen molar-refractivity contribution >= 4 is 22.7 Å². The number of H-pyrrole nitrogens is 1. The van der Waals surface area contributed by atoms with Crippen LogP contribution in [0.3, 0.4) is 0 Å². The van der Waals surface area contributed by atoms with E-state index in [1.807, 2.05) is 31.2 Å². The van der Waals surface area contributed by atoms with Crippen LogP contribution in [0, 0.1) is 6.92 Å². The molecule has 0 aliphatic carbocycles. The number of rotatable bonds is 4. The number of esters is 1. The van der Waals surface area contributed by atoms with Gasteiger partial charge in [-0.15, -0.1) is 0 Å². The fraction of sp³-hybridized carbons (Fsp3) is 0.176. The molecule has 0 radical (unpaired) electrons. The number of carbonyl (C=O) groups excluding carboxylic acids is 2. The molecule has 2 heterocycles. The molecule has 1 aromatic carbocycles. The highest BCUT2D eigenvalue weighted by atomic mass is 16.5. The molecule has 116 valence electrons. The quantitative estimate of drug-likeness (QED) is 0.591. The van der Waals surface area contributed by atoms with Crippen LogP contribution in [0.5, 0.6) is 0 Å². The maximum Gasteiger partial charge on any atom is 0.359 e. The predicted molar refractivity (Wildman–Crippen MR) is 84.3 cm³/mol. The van der Waals surface area contributed by atoms with E-state index in [-0.39, 0.29) is 11.5 Å². The van der Waals surface area contributed by atoms with E-state index in [9.17, 15) is 9.59 Å². The number of para-hydroxylation sites is 1. The van der Waals surface area contributed by atoms with E-state index in [0.29, 0.717) is 5.56 Å². The van der Waals surface area contributed by atoms with Crippen LogP contribution in [0.2, 0.25) is 0 Å². The van der Waals surface area contributed by atoms with Gasteiger partial charge in [-0.3, -0.25) is 9.78 Å². The fourth-order valence-corrected chi connectivity index (χ4v) is 2.48. The second-order valence-electron chi connectivity index (χ2n) is 5.17. The molecule has 0 fully saturated rings. The smallest absolute Gasteiger partial charge is 0.359 e. The minimum Gasteiger partial charge on any atom is -0.449 e. The van der Waals surface area contributed by atoms with Crippen molar-refractivity contribution in [3.63, 3.8) is 0 Å². The van der Waals surface area contributed by atoms with Gasteiger partial charge in [0.15, 0.2) is 11.8 Å². The SMILES string of the molecule is Cc1[nH]c2ccccc2c1C(=O)C(C)OC(=O)c1cnccn1. The van der Waals surface area contributed by atoms with E-state index in [1.54, 1.807) is 6.92 Å². The Morgan fingerprint density at radius 2 is 2.00 bits per heavy atom. The van der Waals surface area contributed by atoms with Crippen molar-refractivity contribution in [2.75, 3.05) is 0 Å². The second kappa shape index (κ2) is 6.00. The predicted octanol–water partition coefficient (Wildman–Crippen LogP) is 2.69. The monoisotopic (exact) mass is 309 g/mol. The molecule has 1 unspecified atom stereocenters. The third-order valence-corrected chi connectivity index (χ3v) is 3.57. The molecular formula is C17H15N3O3. The van der Waals surface area contributed by atoms with E-state index >= 15 is 0 Å². The summed E-state index contributed by atoms with van der Waals surface area (Å²) < 4.78 is 5.22. The van der Waals surface area contributed by atoms with Crippen molar-refractivity contribution in [2.45, 2.75) is 20.0 Å². The Kier molecular flexibility index (Phi) is 3.89. The van der Waals surface area contributed by atoms with Crippen LogP contribution in [-0.2, 0) is 4.74 Å². The normalized spacial score (nSPS) is 12.1.